The molecule has 1 aromatic carbocycles. The van der Waals surface area contributed by atoms with Crippen LogP contribution in [0.15, 0.2) is 18.2 Å². The lowest BCUT2D eigenvalue weighted by atomic mass is 10.1. The summed E-state index contributed by atoms with van der Waals surface area (Å²) in [5.41, 5.74) is 1.23. The highest BCUT2D eigenvalue weighted by atomic mass is 35.5. The van der Waals surface area contributed by atoms with Crippen LogP contribution in [0.1, 0.15) is 22.3 Å². The van der Waals surface area contributed by atoms with Gasteiger partial charge < -0.3 is 9.53 Å². The third kappa shape index (κ3) is 3.06. The van der Waals surface area contributed by atoms with E-state index in [4.69, 9.17) is 11.6 Å². The molecule has 0 saturated carbocycles. The predicted octanol–water partition coefficient (Wildman–Crippen LogP) is 2.26. The minimum Gasteiger partial charge on any atom is -0.465 e. The van der Waals surface area contributed by atoms with Gasteiger partial charge in [-0.25, -0.2) is 4.79 Å². The summed E-state index contributed by atoms with van der Waals surface area (Å²) < 4.78 is 4.58. The fourth-order valence-corrected chi connectivity index (χ4v) is 1.41. The quantitative estimate of drug-likeness (QED) is 0.584. The Morgan fingerprint density at radius 3 is 2.87 bits per heavy atom. The molecular weight excluding hydrogens is 216 g/mol. The molecule has 0 aliphatic rings. The maximum atomic E-state index is 11.3. The Balaban J connectivity index is 2.94. The van der Waals surface area contributed by atoms with Crippen LogP contribution in [0.2, 0.25) is 5.02 Å². The number of halogens is 1. The molecule has 0 aliphatic heterocycles. The number of hydrogen-bond acceptors (Lipinski definition) is 3. The maximum absolute atomic E-state index is 11.3. The van der Waals surface area contributed by atoms with Crippen molar-refractivity contribution in [2.45, 2.75) is 12.8 Å². The molecule has 15 heavy (non-hydrogen) atoms. The van der Waals surface area contributed by atoms with Crippen LogP contribution in [0.25, 0.3) is 0 Å². The van der Waals surface area contributed by atoms with Gasteiger partial charge in [0.15, 0.2) is 0 Å². The van der Waals surface area contributed by atoms with Crippen molar-refractivity contribution in [1.29, 1.82) is 0 Å². The van der Waals surface area contributed by atoms with Crippen molar-refractivity contribution in [3.8, 4) is 0 Å². The molecule has 0 bridgehead atoms. The van der Waals surface area contributed by atoms with Crippen molar-refractivity contribution in [1.82, 2.24) is 0 Å². The molecule has 1 rings (SSSR count). The summed E-state index contributed by atoms with van der Waals surface area (Å²) in [6.07, 6.45) is 1.87. The highest BCUT2D eigenvalue weighted by Crippen LogP contribution is 2.19. The van der Waals surface area contributed by atoms with E-state index in [0.29, 0.717) is 23.4 Å². The number of benzene rings is 1. The number of aryl methyl sites for hydroxylation is 1. The molecule has 0 fully saturated rings. The minimum absolute atomic E-state index is 0.336. The second kappa shape index (κ2) is 5.51. The summed E-state index contributed by atoms with van der Waals surface area (Å²) in [6, 6.07) is 5.07. The Morgan fingerprint density at radius 1 is 1.53 bits per heavy atom. The van der Waals surface area contributed by atoms with Crippen LogP contribution in [0.3, 0.4) is 0 Å². The summed E-state index contributed by atoms with van der Waals surface area (Å²) >= 11 is 5.83. The molecule has 0 saturated heterocycles. The van der Waals surface area contributed by atoms with Crippen LogP contribution in [0.4, 0.5) is 0 Å². The number of methoxy groups -OCH3 is 1. The van der Waals surface area contributed by atoms with E-state index in [9.17, 15) is 9.59 Å². The second-order valence-corrected chi connectivity index (χ2v) is 3.42. The predicted molar refractivity (Wildman–Crippen MR) is 57.2 cm³/mol. The van der Waals surface area contributed by atoms with E-state index in [0.717, 1.165) is 11.8 Å². The zero-order valence-corrected chi connectivity index (χ0v) is 9.08. The van der Waals surface area contributed by atoms with E-state index in [1.807, 2.05) is 0 Å². The molecule has 0 heterocycles. The third-order valence-electron chi connectivity index (χ3n) is 1.99. The first-order chi connectivity index (χ1) is 7.19. The fraction of sp³-hybridized carbons (Fsp3) is 0.273. The number of carbonyl (C=O) groups is 2. The van der Waals surface area contributed by atoms with Crippen molar-refractivity contribution in [2.75, 3.05) is 7.11 Å². The molecular formula is C11H11ClO3. The summed E-state index contributed by atoms with van der Waals surface area (Å²) in [5.74, 6) is -0.465. The monoisotopic (exact) mass is 226 g/mol. The van der Waals surface area contributed by atoms with Gasteiger partial charge in [0.05, 0.1) is 17.7 Å². The van der Waals surface area contributed by atoms with Crippen LogP contribution in [-0.2, 0) is 16.0 Å². The molecule has 0 spiro atoms. The lowest BCUT2D eigenvalue weighted by Gasteiger charge is -2.04. The van der Waals surface area contributed by atoms with Crippen LogP contribution >= 0.6 is 11.6 Å². The van der Waals surface area contributed by atoms with Crippen molar-refractivity contribution in [3.63, 3.8) is 0 Å². The number of aldehydes is 1. The van der Waals surface area contributed by atoms with Gasteiger partial charge in [0.1, 0.15) is 6.29 Å². The second-order valence-electron chi connectivity index (χ2n) is 3.01. The number of hydrogen-bond donors (Lipinski definition) is 0. The number of esters is 1. The van der Waals surface area contributed by atoms with Gasteiger partial charge in [-0.15, -0.1) is 0 Å². The third-order valence-corrected chi connectivity index (χ3v) is 2.32. The van der Waals surface area contributed by atoms with Gasteiger partial charge in [-0.05, 0) is 24.1 Å². The van der Waals surface area contributed by atoms with Gasteiger partial charge in [0.25, 0.3) is 0 Å². The highest BCUT2D eigenvalue weighted by Gasteiger charge is 2.10. The van der Waals surface area contributed by atoms with Crippen LogP contribution < -0.4 is 0 Å². The van der Waals surface area contributed by atoms with E-state index in [-0.39, 0.29) is 0 Å². The first-order valence-electron chi connectivity index (χ1n) is 4.49. The topological polar surface area (TPSA) is 43.4 Å². The Labute approximate surface area is 93.0 Å². The molecule has 4 heteroatoms. The van der Waals surface area contributed by atoms with Crippen molar-refractivity contribution in [2.24, 2.45) is 0 Å². The molecule has 0 amide bonds. The zero-order chi connectivity index (χ0) is 11.3. The van der Waals surface area contributed by atoms with Crippen LogP contribution in [0, 0.1) is 0 Å². The lowest BCUT2D eigenvalue weighted by molar-refractivity contribution is -0.107. The first-order valence-corrected chi connectivity index (χ1v) is 4.87. The summed E-state index contributed by atoms with van der Waals surface area (Å²) in [7, 11) is 1.30. The molecule has 0 unspecified atom stereocenters. The zero-order valence-electron chi connectivity index (χ0n) is 8.33. The Kier molecular flexibility index (Phi) is 4.31. The van der Waals surface area contributed by atoms with Crippen molar-refractivity contribution < 1.29 is 14.3 Å². The molecule has 80 valence electrons. The normalized spacial score (nSPS) is 9.73. The van der Waals surface area contributed by atoms with Crippen molar-refractivity contribution >= 4 is 23.9 Å². The van der Waals surface area contributed by atoms with E-state index in [1.54, 1.807) is 18.2 Å². The first kappa shape index (κ1) is 11.7. The van der Waals surface area contributed by atoms with Gasteiger partial charge in [-0.2, -0.15) is 0 Å². The van der Waals surface area contributed by atoms with Crippen LogP contribution in [-0.4, -0.2) is 19.4 Å². The molecule has 3 nitrogen and oxygen atoms in total. The van der Waals surface area contributed by atoms with Gasteiger partial charge in [0.2, 0.25) is 0 Å². The lowest BCUT2D eigenvalue weighted by Crippen LogP contribution is -2.03. The van der Waals surface area contributed by atoms with Crippen LogP contribution in [0.5, 0.6) is 0 Å². The van der Waals surface area contributed by atoms with E-state index >= 15 is 0 Å². The van der Waals surface area contributed by atoms with Gasteiger partial charge in [0, 0.05) is 6.42 Å². The number of ether oxygens (including phenoxy) is 1. The molecule has 0 aliphatic carbocycles. The fourth-order valence-electron chi connectivity index (χ4n) is 1.22. The smallest absolute Gasteiger partial charge is 0.339 e. The van der Waals surface area contributed by atoms with E-state index in [2.05, 4.69) is 4.74 Å². The van der Waals surface area contributed by atoms with E-state index in [1.165, 1.54) is 7.11 Å². The molecule has 0 radical (unpaired) electrons. The largest absolute Gasteiger partial charge is 0.465 e. The Hall–Kier alpha value is -1.35. The van der Waals surface area contributed by atoms with Gasteiger partial charge >= 0.3 is 5.97 Å². The summed E-state index contributed by atoms with van der Waals surface area (Å²) in [5, 5.41) is 0.358. The Morgan fingerprint density at radius 2 is 2.27 bits per heavy atom. The van der Waals surface area contributed by atoms with Crippen molar-refractivity contribution in [3.05, 3.63) is 34.3 Å². The average Bonchev–Trinajstić information content (AvgIpc) is 2.27. The van der Waals surface area contributed by atoms with E-state index < -0.39 is 5.97 Å². The van der Waals surface area contributed by atoms with Gasteiger partial charge in [-0.1, -0.05) is 17.7 Å². The minimum atomic E-state index is -0.465. The summed E-state index contributed by atoms with van der Waals surface area (Å²) in [6.45, 7) is 0. The molecule has 0 aromatic heterocycles. The number of carbonyl (C=O) groups excluding carboxylic acids is 2. The molecule has 0 atom stereocenters. The molecule has 0 N–H and O–H groups in total. The standard InChI is InChI=1S/C11H11ClO3/c1-15-11(14)9-7-8(3-2-6-13)4-5-10(9)12/h4-7H,2-3H2,1H3. The SMILES string of the molecule is COC(=O)c1cc(CCC=O)ccc1Cl. The van der Waals surface area contributed by atoms with Gasteiger partial charge in [-0.3, -0.25) is 0 Å². The Bertz CT molecular complexity index is 374. The average molecular weight is 227 g/mol. The molecule has 1 aromatic rings. The maximum Gasteiger partial charge on any atom is 0.339 e. The highest BCUT2D eigenvalue weighted by molar-refractivity contribution is 6.33. The number of rotatable bonds is 4. The summed E-state index contributed by atoms with van der Waals surface area (Å²) in [4.78, 5) is 21.5.